The maximum Gasteiger partial charge on any atom is 0.320 e. The maximum atomic E-state index is 13.5. The molecule has 0 unspecified atom stereocenters. The van der Waals surface area contributed by atoms with Crippen molar-refractivity contribution in [3.8, 4) is 0 Å². The molecule has 0 saturated carbocycles. The highest BCUT2D eigenvalue weighted by molar-refractivity contribution is 5.88. The molecule has 2 amide bonds. The molecule has 1 heterocycles. The molecule has 0 spiro atoms. The van der Waals surface area contributed by atoms with Gasteiger partial charge in [0.1, 0.15) is 5.82 Å². The summed E-state index contributed by atoms with van der Waals surface area (Å²) in [6.45, 7) is 5.92. The normalized spacial score (nSPS) is 12.5. The van der Waals surface area contributed by atoms with E-state index in [4.69, 9.17) is 0 Å². The fourth-order valence-electron chi connectivity index (χ4n) is 2.00. The highest BCUT2D eigenvalue weighted by Crippen LogP contribution is 2.19. The molecule has 1 aromatic heterocycles. The van der Waals surface area contributed by atoms with E-state index in [1.807, 2.05) is 20.8 Å². The van der Waals surface area contributed by atoms with Crippen LogP contribution in [0, 0.1) is 5.82 Å². The van der Waals surface area contributed by atoms with Crippen molar-refractivity contribution in [3.05, 3.63) is 53.5 Å². The molecule has 3 N–H and O–H groups in total. The molecule has 0 fully saturated rings. The second kappa shape index (κ2) is 7.35. The second-order valence-corrected chi connectivity index (χ2v) is 6.43. The number of carbonyl (C=O) groups excluding carboxylic acids is 1. The predicted molar refractivity (Wildman–Crippen MR) is 89.1 cm³/mol. The van der Waals surface area contributed by atoms with Crippen molar-refractivity contribution >= 4 is 11.8 Å². The molecule has 128 valence electrons. The van der Waals surface area contributed by atoms with Crippen LogP contribution in [0.2, 0.25) is 0 Å². The van der Waals surface area contributed by atoms with Crippen LogP contribution in [0.1, 0.15) is 38.1 Å². The van der Waals surface area contributed by atoms with Gasteiger partial charge in [0.15, 0.2) is 5.82 Å². The lowest BCUT2D eigenvalue weighted by molar-refractivity contribution is 0.170. The fraction of sp³-hybridized carbons (Fsp3) is 0.353. The number of halogens is 1. The number of anilines is 1. The summed E-state index contributed by atoms with van der Waals surface area (Å²) in [4.78, 5) is 11.8. The molecule has 6 nitrogen and oxygen atoms in total. The lowest BCUT2D eigenvalue weighted by Gasteiger charge is -2.17. The van der Waals surface area contributed by atoms with E-state index in [9.17, 15) is 14.3 Å². The monoisotopic (exact) mass is 332 g/mol. The number of amides is 2. The van der Waals surface area contributed by atoms with Gasteiger partial charge in [-0.15, -0.1) is 5.10 Å². The van der Waals surface area contributed by atoms with Gasteiger partial charge in [-0.1, -0.05) is 39.0 Å². The third-order valence-electron chi connectivity index (χ3n) is 3.39. The summed E-state index contributed by atoms with van der Waals surface area (Å²) in [6, 6.07) is 8.77. The Morgan fingerprint density at radius 1 is 1.21 bits per heavy atom. The van der Waals surface area contributed by atoms with Crippen LogP contribution < -0.4 is 10.6 Å². The molecule has 24 heavy (non-hydrogen) atoms. The minimum absolute atomic E-state index is 0.125. The number of nitrogens with one attached hydrogen (secondary N) is 2. The van der Waals surface area contributed by atoms with Crippen LogP contribution in [0.5, 0.6) is 0 Å². The summed E-state index contributed by atoms with van der Waals surface area (Å²) in [5, 5.41) is 22.9. The number of aliphatic hydroxyl groups excluding tert-OH is 1. The first-order valence-electron chi connectivity index (χ1n) is 7.59. The standard InChI is InChI=1S/C17H21FN4O2/c1-17(2,3)14-8-9-15(22-21-14)20-16(24)19-10-13(23)11-6-4-5-7-12(11)18/h4-9,13,23H,10H2,1-3H3,(H2,19,20,22,24)/t13-/m0/s1. The van der Waals surface area contributed by atoms with E-state index >= 15 is 0 Å². The van der Waals surface area contributed by atoms with Crippen molar-refractivity contribution in [1.29, 1.82) is 0 Å². The first-order chi connectivity index (χ1) is 11.3. The van der Waals surface area contributed by atoms with Crippen molar-refractivity contribution in [3.63, 3.8) is 0 Å². The van der Waals surface area contributed by atoms with E-state index in [1.54, 1.807) is 18.2 Å². The first-order valence-corrected chi connectivity index (χ1v) is 7.59. The molecule has 0 radical (unpaired) electrons. The van der Waals surface area contributed by atoms with E-state index in [1.165, 1.54) is 18.2 Å². The van der Waals surface area contributed by atoms with E-state index < -0.39 is 18.0 Å². The molecule has 0 bridgehead atoms. The average molecular weight is 332 g/mol. The van der Waals surface area contributed by atoms with E-state index in [0.717, 1.165) is 5.69 Å². The van der Waals surface area contributed by atoms with Crippen LogP contribution >= 0.6 is 0 Å². The van der Waals surface area contributed by atoms with Crippen LogP contribution in [-0.2, 0) is 5.41 Å². The summed E-state index contributed by atoms with van der Waals surface area (Å²) in [5.41, 5.74) is 0.813. The molecule has 2 rings (SSSR count). The predicted octanol–water partition coefficient (Wildman–Crippen LogP) is 2.77. The van der Waals surface area contributed by atoms with Crippen LogP contribution in [-0.4, -0.2) is 27.9 Å². The summed E-state index contributed by atoms with van der Waals surface area (Å²) in [5.74, 6) is -0.225. The Hall–Kier alpha value is -2.54. The highest BCUT2D eigenvalue weighted by Gasteiger charge is 2.16. The molecule has 0 aliphatic rings. The Kier molecular flexibility index (Phi) is 5.46. The molecule has 0 aliphatic heterocycles. The number of aliphatic hydroxyl groups is 1. The van der Waals surface area contributed by atoms with Crippen molar-refractivity contribution in [1.82, 2.24) is 15.5 Å². The van der Waals surface area contributed by atoms with Gasteiger partial charge in [-0.05, 0) is 18.2 Å². The Labute approximate surface area is 140 Å². The van der Waals surface area contributed by atoms with Gasteiger partial charge in [-0.2, -0.15) is 5.10 Å². The SMILES string of the molecule is CC(C)(C)c1ccc(NC(=O)NC[C@H](O)c2ccccc2F)nn1. The third kappa shape index (κ3) is 4.73. The van der Waals surface area contributed by atoms with Crippen molar-refractivity contribution in [2.45, 2.75) is 32.3 Å². The topological polar surface area (TPSA) is 87.1 Å². The molecule has 0 aliphatic carbocycles. The van der Waals surface area contributed by atoms with Crippen molar-refractivity contribution in [2.75, 3.05) is 11.9 Å². The fourth-order valence-corrected chi connectivity index (χ4v) is 2.00. The lowest BCUT2D eigenvalue weighted by atomic mass is 9.92. The molecule has 1 aromatic carbocycles. The molecule has 0 saturated heterocycles. The Balaban J connectivity index is 1.88. The molecular formula is C17H21FN4O2. The van der Waals surface area contributed by atoms with Gasteiger partial charge < -0.3 is 10.4 Å². The smallest absolute Gasteiger partial charge is 0.320 e. The van der Waals surface area contributed by atoms with Crippen molar-refractivity contribution in [2.24, 2.45) is 0 Å². The number of urea groups is 1. The second-order valence-electron chi connectivity index (χ2n) is 6.43. The highest BCUT2D eigenvalue weighted by atomic mass is 19.1. The summed E-state index contributed by atoms with van der Waals surface area (Å²) in [7, 11) is 0. The summed E-state index contributed by atoms with van der Waals surface area (Å²) >= 11 is 0. The number of benzene rings is 1. The number of aromatic nitrogens is 2. The number of nitrogens with zero attached hydrogens (tertiary/aromatic N) is 2. The van der Waals surface area contributed by atoms with Gasteiger partial charge in [0, 0.05) is 17.5 Å². The summed E-state index contributed by atoms with van der Waals surface area (Å²) < 4.78 is 13.5. The molecule has 7 heteroatoms. The zero-order valence-corrected chi connectivity index (χ0v) is 13.9. The van der Waals surface area contributed by atoms with E-state index in [2.05, 4.69) is 20.8 Å². The van der Waals surface area contributed by atoms with Crippen LogP contribution in [0.25, 0.3) is 0 Å². The Bertz CT molecular complexity index is 698. The number of carbonyl (C=O) groups is 1. The third-order valence-corrected chi connectivity index (χ3v) is 3.39. The molecular weight excluding hydrogens is 311 g/mol. The quantitative estimate of drug-likeness (QED) is 0.803. The maximum absolute atomic E-state index is 13.5. The zero-order valence-electron chi connectivity index (χ0n) is 13.9. The van der Waals surface area contributed by atoms with E-state index in [-0.39, 0.29) is 17.5 Å². The van der Waals surface area contributed by atoms with Crippen LogP contribution in [0.3, 0.4) is 0 Å². The van der Waals surface area contributed by atoms with E-state index in [0.29, 0.717) is 5.82 Å². The van der Waals surface area contributed by atoms with Gasteiger partial charge >= 0.3 is 6.03 Å². The average Bonchev–Trinajstić information content (AvgIpc) is 2.53. The first kappa shape index (κ1) is 17.8. The van der Waals surface area contributed by atoms with Crippen LogP contribution in [0.4, 0.5) is 15.0 Å². The summed E-state index contributed by atoms with van der Waals surface area (Å²) in [6.07, 6.45) is -1.13. The number of hydrogen-bond donors (Lipinski definition) is 3. The molecule has 2 aromatic rings. The minimum atomic E-state index is -1.13. The molecule has 1 atom stereocenters. The largest absolute Gasteiger partial charge is 0.386 e. The van der Waals surface area contributed by atoms with Gasteiger partial charge in [0.2, 0.25) is 0 Å². The Morgan fingerprint density at radius 2 is 1.92 bits per heavy atom. The minimum Gasteiger partial charge on any atom is -0.386 e. The zero-order chi connectivity index (χ0) is 17.7. The number of hydrogen-bond acceptors (Lipinski definition) is 4. The van der Waals surface area contributed by atoms with Gasteiger partial charge in [0.25, 0.3) is 0 Å². The lowest BCUT2D eigenvalue weighted by Crippen LogP contribution is -2.33. The number of rotatable bonds is 4. The van der Waals surface area contributed by atoms with Gasteiger partial charge in [-0.3, -0.25) is 5.32 Å². The van der Waals surface area contributed by atoms with Crippen molar-refractivity contribution < 1.29 is 14.3 Å². The van der Waals surface area contributed by atoms with Gasteiger partial charge in [0.05, 0.1) is 11.8 Å². The van der Waals surface area contributed by atoms with Gasteiger partial charge in [-0.25, -0.2) is 9.18 Å². The Morgan fingerprint density at radius 3 is 2.50 bits per heavy atom. The van der Waals surface area contributed by atoms with Crippen LogP contribution in [0.15, 0.2) is 36.4 Å².